The second-order valence-electron chi connectivity index (χ2n) is 2.75. The zero-order valence-corrected chi connectivity index (χ0v) is 7.82. The van der Waals surface area contributed by atoms with Crippen molar-refractivity contribution in [1.82, 2.24) is 9.78 Å². The molecule has 1 heterocycles. The number of aromatic nitrogens is 2. The van der Waals surface area contributed by atoms with Gasteiger partial charge in [0, 0.05) is 19.7 Å². The van der Waals surface area contributed by atoms with Gasteiger partial charge in [-0.2, -0.15) is 5.10 Å². The molecule has 6 heteroatoms. The second kappa shape index (κ2) is 3.76. The molecule has 1 aromatic rings. The Morgan fingerprint density at radius 1 is 1.92 bits per heavy atom. The molecule has 0 aliphatic heterocycles. The molecule has 3 N–H and O–H groups in total. The number of halogens is 1. The van der Waals surface area contributed by atoms with Gasteiger partial charge in [0.25, 0.3) is 0 Å². The summed E-state index contributed by atoms with van der Waals surface area (Å²) >= 11 is 5.76. The Balaban J connectivity index is 2.74. The summed E-state index contributed by atoms with van der Waals surface area (Å²) in [6, 6.07) is -0.951. The number of carbonyl (C=O) groups is 1. The first-order valence-corrected chi connectivity index (χ1v) is 4.05. The quantitative estimate of drug-likeness (QED) is 0.726. The van der Waals surface area contributed by atoms with E-state index < -0.39 is 12.0 Å². The molecule has 0 bridgehead atoms. The molecule has 0 fully saturated rings. The molecule has 0 amide bonds. The molecular formula is C7H10ClN3O2. The molecule has 0 saturated heterocycles. The Bertz CT molecular complexity index is 324. The number of hydrogen-bond acceptors (Lipinski definition) is 3. The number of nitrogens with zero attached hydrogens (tertiary/aromatic N) is 2. The van der Waals surface area contributed by atoms with Crippen molar-refractivity contribution in [1.29, 1.82) is 0 Å². The molecule has 1 atom stereocenters. The summed E-state index contributed by atoms with van der Waals surface area (Å²) in [5, 5.41) is 13.0. The predicted molar refractivity (Wildman–Crippen MR) is 47.5 cm³/mol. The lowest BCUT2D eigenvalue weighted by atomic mass is 10.2. The van der Waals surface area contributed by atoms with Crippen LogP contribution in [0.5, 0.6) is 0 Å². The summed E-state index contributed by atoms with van der Waals surface area (Å²) in [4.78, 5) is 10.4. The first kappa shape index (κ1) is 10.0. The summed E-state index contributed by atoms with van der Waals surface area (Å²) in [5.74, 6) is -1.05. The van der Waals surface area contributed by atoms with E-state index in [0.717, 1.165) is 0 Å². The highest BCUT2D eigenvalue weighted by Gasteiger charge is 2.16. The minimum absolute atomic E-state index is 0.148. The zero-order valence-electron chi connectivity index (χ0n) is 7.07. The van der Waals surface area contributed by atoms with E-state index in [9.17, 15) is 4.79 Å². The third kappa shape index (κ3) is 2.43. The summed E-state index contributed by atoms with van der Waals surface area (Å²) < 4.78 is 1.52. The largest absolute Gasteiger partial charge is 0.480 e. The van der Waals surface area contributed by atoms with Crippen molar-refractivity contribution in [2.75, 3.05) is 0 Å². The van der Waals surface area contributed by atoms with Gasteiger partial charge in [0.15, 0.2) is 0 Å². The minimum atomic E-state index is -1.05. The van der Waals surface area contributed by atoms with Crippen molar-refractivity contribution in [3.8, 4) is 0 Å². The predicted octanol–water partition coefficient (Wildman–Crippen LogP) is 0.0279. The fraction of sp³-hybridized carbons (Fsp3) is 0.429. The lowest BCUT2D eigenvalue weighted by Gasteiger charge is -2.02. The van der Waals surface area contributed by atoms with Crippen LogP contribution in [-0.4, -0.2) is 26.9 Å². The number of rotatable bonds is 3. The molecule has 0 aliphatic carbocycles. The van der Waals surface area contributed by atoms with Gasteiger partial charge in [0.1, 0.15) is 6.04 Å². The molecule has 1 rings (SSSR count). The van der Waals surface area contributed by atoms with E-state index in [4.69, 9.17) is 22.4 Å². The van der Waals surface area contributed by atoms with E-state index in [1.165, 1.54) is 4.68 Å². The number of aliphatic carboxylic acids is 1. The highest BCUT2D eigenvalue weighted by molar-refractivity contribution is 6.31. The fourth-order valence-electron chi connectivity index (χ4n) is 0.940. The minimum Gasteiger partial charge on any atom is -0.480 e. The third-order valence-electron chi connectivity index (χ3n) is 1.58. The summed E-state index contributed by atoms with van der Waals surface area (Å²) in [6.07, 6.45) is 1.75. The molecule has 72 valence electrons. The Morgan fingerprint density at radius 3 is 2.92 bits per heavy atom. The number of carboxylic acid groups (broad SMARTS) is 1. The molecule has 0 unspecified atom stereocenters. The van der Waals surface area contributed by atoms with Gasteiger partial charge in [0.2, 0.25) is 0 Å². The summed E-state index contributed by atoms with van der Waals surface area (Å²) in [5.41, 5.74) is 5.83. The van der Waals surface area contributed by atoms with Gasteiger partial charge in [-0.1, -0.05) is 11.6 Å². The monoisotopic (exact) mass is 203 g/mol. The van der Waals surface area contributed by atoms with Crippen LogP contribution in [0, 0.1) is 0 Å². The van der Waals surface area contributed by atoms with Crippen molar-refractivity contribution in [3.05, 3.63) is 16.9 Å². The van der Waals surface area contributed by atoms with Crippen LogP contribution in [0.15, 0.2) is 6.20 Å². The maximum atomic E-state index is 10.4. The zero-order chi connectivity index (χ0) is 10.0. The number of hydrogen-bond donors (Lipinski definition) is 2. The van der Waals surface area contributed by atoms with Gasteiger partial charge >= 0.3 is 5.97 Å². The van der Waals surface area contributed by atoms with Crippen molar-refractivity contribution in [2.24, 2.45) is 12.8 Å². The van der Waals surface area contributed by atoms with E-state index in [2.05, 4.69) is 5.10 Å². The number of nitrogens with two attached hydrogens (primary N) is 1. The molecule has 0 aliphatic rings. The molecule has 1 aromatic heterocycles. The highest BCUT2D eigenvalue weighted by Crippen LogP contribution is 2.14. The van der Waals surface area contributed by atoms with Crippen LogP contribution in [0.1, 0.15) is 5.69 Å². The van der Waals surface area contributed by atoms with E-state index in [0.29, 0.717) is 10.7 Å². The maximum absolute atomic E-state index is 10.4. The van der Waals surface area contributed by atoms with Gasteiger partial charge in [-0.3, -0.25) is 9.48 Å². The van der Waals surface area contributed by atoms with Crippen LogP contribution < -0.4 is 5.73 Å². The van der Waals surface area contributed by atoms with Gasteiger partial charge < -0.3 is 10.8 Å². The molecule has 0 radical (unpaired) electrons. The number of aryl methyl sites for hydroxylation is 1. The molecule has 0 aromatic carbocycles. The van der Waals surface area contributed by atoms with E-state index in [-0.39, 0.29) is 6.42 Å². The second-order valence-corrected chi connectivity index (χ2v) is 3.15. The maximum Gasteiger partial charge on any atom is 0.320 e. The molecule has 0 spiro atoms. The molecule has 13 heavy (non-hydrogen) atoms. The van der Waals surface area contributed by atoms with E-state index in [1.807, 2.05) is 0 Å². The van der Waals surface area contributed by atoms with Crippen molar-refractivity contribution in [3.63, 3.8) is 0 Å². The van der Waals surface area contributed by atoms with Crippen LogP contribution in [0.25, 0.3) is 0 Å². The Labute approximate surface area is 80.1 Å². The van der Waals surface area contributed by atoms with E-state index >= 15 is 0 Å². The van der Waals surface area contributed by atoms with Gasteiger partial charge in [-0.15, -0.1) is 0 Å². The molecule has 0 saturated carbocycles. The Kier molecular flexibility index (Phi) is 2.90. The van der Waals surface area contributed by atoms with Gasteiger partial charge in [-0.05, 0) is 0 Å². The van der Waals surface area contributed by atoms with Crippen LogP contribution in [-0.2, 0) is 18.3 Å². The average Bonchev–Trinajstić information content (AvgIpc) is 2.30. The average molecular weight is 204 g/mol. The topological polar surface area (TPSA) is 81.1 Å². The lowest BCUT2D eigenvalue weighted by molar-refractivity contribution is -0.138. The van der Waals surface area contributed by atoms with Crippen LogP contribution in [0.2, 0.25) is 5.02 Å². The van der Waals surface area contributed by atoms with Crippen LogP contribution >= 0.6 is 11.6 Å². The Hall–Kier alpha value is -1.07. The SMILES string of the molecule is Cn1cc(Cl)c(C[C@H](N)C(=O)O)n1. The lowest BCUT2D eigenvalue weighted by Crippen LogP contribution is -2.32. The van der Waals surface area contributed by atoms with Crippen LogP contribution in [0.3, 0.4) is 0 Å². The Morgan fingerprint density at radius 2 is 2.54 bits per heavy atom. The third-order valence-corrected chi connectivity index (χ3v) is 1.90. The highest BCUT2D eigenvalue weighted by atomic mass is 35.5. The van der Waals surface area contributed by atoms with E-state index in [1.54, 1.807) is 13.2 Å². The first-order chi connectivity index (χ1) is 6.00. The fourth-order valence-corrected chi connectivity index (χ4v) is 1.20. The normalized spacial score (nSPS) is 12.8. The smallest absolute Gasteiger partial charge is 0.320 e. The van der Waals surface area contributed by atoms with Crippen LogP contribution in [0.4, 0.5) is 0 Å². The van der Waals surface area contributed by atoms with Gasteiger partial charge in [-0.25, -0.2) is 0 Å². The standard InChI is InChI=1S/C7H10ClN3O2/c1-11-3-4(8)6(10-11)2-5(9)7(12)13/h3,5H,2,9H2,1H3,(H,12,13)/t5-/m0/s1. The molecular weight excluding hydrogens is 194 g/mol. The van der Waals surface area contributed by atoms with Crippen molar-refractivity contribution >= 4 is 17.6 Å². The number of carboxylic acids is 1. The summed E-state index contributed by atoms with van der Waals surface area (Å²) in [6.45, 7) is 0. The summed E-state index contributed by atoms with van der Waals surface area (Å²) in [7, 11) is 1.71. The van der Waals surface area contributed by atoms with Gasteiger partial charge in [0.05, 0.1) is 10.7 Å². The van der Waals surface area contributed by atoms with Crippen molar-refractivity contribution < 1.29 is 9.90 Å². The molecule has 5 nitrogen and oxygen atoms in total. The van der Waals surface area contributed by atoms with Crippen molar-refractivity contribution in [2.45, 2.75) is 12.5 Å². The first-order valence-electron chi connectivity index (χ1n) is 3.67.